The van der Waals surface area contributed by atoms with Crippen LogP contribution in [-0.2, 0) is 14.4 Å². The number of amides is 1. The molecule has 8 heteroatoms. The third-order valence-corrected chi connectivity index (χ3v) is 5.68. The molecule has 0 bridgehead atoms. The van der Waals surface area contributed by atoms with Crippen molar-refractivity contribution in [3.05, 3.63) is 29.3 Å². The zero-order chi connectivity index (χ0) is 18.7. The van der Waals surface area contributed by atoms with E-state index in [9.17, 15) is 19.5 Å². The molecule has 1 amide bonds. The maximum absolute atomic E-state index is 12.6. The molecule has 2 rings (SSSR count). The summed E-state index contributed by atoms with van der Waals surface area (Å²) in [6, 6.07) is 6.17. The van der Waals surface area contributed by atoms with E-state index in [-0.39, 0.29) is 5.12 Å². The third kappa shape index (κ3) is 4.34. The first-order chi connectivity index (χ1) is 11.8. The largest absolute Gasteiger partial charge is 0.480 e. The van der Waals surface area contributed by atoms with Gasteiger partial charge in [0, 0.05) is 15.8 Å². The summed E-state index contributed by atoms with van der Waals surface area (Å²) in [5.41, 5.74) is 0. The van der Waals surface area contributed by atoms with Gasteiger partial charge in [0.25, 0.3) is 0 Å². The van der Waals surface area contributed by atoms with E-state index >= 15 is 0 Å². The van der Waals surface area contributed by atoms with E-state index in [4.69, 9.17) is 16.7 Å². The standard InChI is InChI=1S/C17H20ClNO5S/c1-3-12(20)14-15(19(16(14)23)8-13(21)22)9(2)17(24)25-11-6-4-10(18)5-7-11/h4-7,9,12,14-15,20H,3,8H2,1-2H3,(H,21,22)/t9-,12?,14-,15-/m1/s1. The molecular formula is C17H20ClNO5S. The molecule has 0 aromatic heterocycles. The molecule has 1 aliphatic rings. The minimum Gasteiger partial charge on any atom is -0.480 e. The topological polar surface area (TPSA) is 94.9 Å². The number of nitrogens with zero attached hydrogens (tertiary/aromatic N) is 1. The number of aliphatic hydroxyl groups excluding tert-OH is 1. The van der Waals surface area contributed by atoms with E-state index in [1.807, 2.05) is 0 Å². The minimum atomic E-state index is -1.15. The van der Waals surface area contributed by atoms with Crippen LogP contribution in [-0.4, -0.2) is 50.8 Å². The van der Waals surface area contributed by atoms with Crippen LogP contribution in [0.4, 0.5) is 0 Å². The number of rotatable bonds is 7. The van der Waals surface area contributed by atoms with Crippen molar-refractivity contribution in [3.8, 4) is 0 Å². The number of β-lactam (4-membered cyclic amide) rings is 1. The van der Waals surface area contributed by atoms with Crippen molar-refractivity contribution >= 4 is 40.4 Å². The highest BCUT2D eigenvalue weighted by Crippen LogP contribution is 2.38. The number of carboxylic acids is 1. The maximum atomic E-state index is 12.6. The van der Waals surface area contributed by atoms with Crippen LogP contribution in [0.25, 0.3) is 0 Å². The van der Waals surface area contributed by atoms with Gasteiger partial charge >= 0.3 is 5.97 Å². The number of hydrogen-bond donors (Lipinski definition) is 2. The van der Waals surface area contributed by atoms with Gasteiger partial charge in [-0.15, -0.1) is 0 Å². The lowest BCUT2D eigenvalue weighted by molar-refractivity contribution is -0.174. The van der Waals surface area contributed by atoms with Gasteiger partial charge in [0.2, 0.25) is 5.91 Å². The fourth-order valence-electron chi connectivity index (χ4n) is 3.00. The summed E-state index contributed by atoms with van der Waals surface area (Å²) < 4.78 is 0. The smallest absolute Gasteiger partial charge is 0.323 e. The number of aliphatic carboxylic acids is 1. The second-order valence-electron chi connectivity index (χ2n) is 6.02. The number of carbonyl (C=O) groups is 3. The molecule has 0 radical (unpaired) electrons. The average Bonchev–Trinajstić information content (AvgIpc) is 2.57. The van der Waals surface area contributed by atoms with Crippen molar-refractivity contribution in [1.82, 2.24) is 4.90 Å². The van der Waals surface area contributed by atoms with Gasteiger partial charge in [-0.3, -0.25) is 14.4 Å². The number of likely N-dealkylation sites (tertiary alicyclic amines) is 1. The fourth-order valence-corrected chi connectivity index (χ4v) is 3.96. The van der Waals surface area contributed by atoms with Crippen LogP contribution in [0.15, 0.2) is 29.2 Å². The highest BCUT2D eigenvalue weighted by molar-refractivity contribution is 8.13. The average molecular weight is 386 g/mol. The van der Waals surface area contributed by atoms with Crippen molar-refractivity contribution in [2.45, 2.75) is 37.3 Å². The van der Waals surface area contributed by atoms with Gasteiger partial charge in [0.05, 0.1) is 18.1 Å². The van der Waals surface area contributed by atoms with E-state index in [1.165, 1.54) is 0 Å². The first-order valence-corrected chi connectivity index (χ1v) is 9.13. The summed E-state index contributed by atoms with van der Waals surface area (Å²) in [6.07, 6.45) is -0.530. The van der Waals surface area contributed by atoms with Gasteiger partial charge in [-0.05, 0) is 30.7 Å². The van der Waals surface area contributed by atoms with Crippen molar-refractivity contribution < 1.29 is 24.6 Å². The second kappa shape index (κ2) is 8.21. The summed E-state index contributed by atoms with van der Waals surface area (Å²) in [6.45, 7) is 2.93. The van der Waals surface area contributed by atoms with Gasteiger partial charge in [-0.25, -0.2) is 0 Å². The zero-order valence-corrected chi connectivity index (χ0v) is 15.5. The van der Waals surface area contributed by atoms with E-state index < -0.39 is 42.4 Å². The van der Waals surface area contributed by atoms with Crippen LogP contribution < -0.4 is 0 Å². The first-order valence-electron chi connectivity index (χ1n) is 7.93. The summed E-state index contributed by atoms with van der Waals surface area (Å²) >= 11 is 6.84. The highest BCUT2D eigenvalue weighted by atomic mass is 35.5. The normalized spacial score (nSPS) is 22.2. The molecule has 136 valence electrons. The second-order valence-corrected chi connectivity index (χ2v) is 7.53. The van der Waals surface area contributed by atoms with Crippen LogP contribution in [0.2, 0.25) is 5.02 Å². The van der Waals surface area contributed by atoms with Gasteiger partial charge in [0.1, 0.15) is 6.54 Å². The summed E-state index contributed by atoms with van der Waals surface area (Å²) in [5, 5.41) is 19.5. The Balaban J connectivity index is 2.15. The zero-order valence-electron chi connectivity index (χ0n) is 13.9. The lowest BCUT2D eigenvalue weighted by atomic mass is 9.76. The number of aliphatic hydroxyl groups is 1. The third-order valence-electron chi connectivity index (χ3n) is 4.35. The van der Waals surface area contributed by atoms with Crippen molar-refractivity contribution in [2.24, 2.45) is 11.8 Å². The van der Waals surface area contributed by atoms with Crippen LogP contribution in [0, 0.1) is 11.8 Å². The summed E-state index contributed by atoms with van der Waals surface area (Å²) in [7, 11) is 0. The highest BCUT2D eigenvalue weighted by Gasteiger charge is 2.54. The molecule has 0 saturated carbocycles. The Morgan fingerprint density at radius 3 is 2.44 bits per heavy atom. The first kappa shape index (κ1) is 19.8. The molecule has 0 aliphatic carbocycles. The number of carbonyl (C=O) groups excluding carboxylic acids is 2. The Hall–Kier alpha value is -1.57. The SMILES string of the molecule is CCC(O)[C@H]1C(=O)N(CC(=O)O)[C@@H]1[C@@H](C)C(=O)Sc1ccc(Cl)cc1. The van der Waals surface area contributed by atoms with E-state index in [0.717, 1.165) is 16.7 Å². The predicted molar refractivity (Wildman–Crippen MR) is 94.4 cm³/mol. The van der Waals surface area contributed by atoms with E-state index in [1.54, 1.807) is 38.1 Å². The molecule has 6 nitrogen and oxygen atoms in total. The lowest BCUT2D eigenvalue weighted by Crippen LogP contribution is -2.68. The number of thioether (sulfide) groups is 1. The van der Waals surface area contributed by atoms with Gasteiger partial charge in [-0.2, -0.15) is 0 Å². The number of halogens is 1. The van der Waals surface area contributed by atoms with Gasteiger partial charge in [-0.1, -0.05) is 37.2 Å². The van der Waals surface area contributed by atoms with Gasteiger partial charge < -0.3 is 15.1 Å². The van der Waals surface area contributed by atoms with Crippen LogP contribution in [0.1, 0.15) is 20.3 Å². The van der Waals surface area contributed by atoms with Crippen LogP contribution in [0.5, 0.6) is 0 Å². The number of carboxylic acid groups (broad SMARTS) is 1. The molecule has 1 aromatic carbocycles. The lowest BCUT2D eigenvalue weighted by Gasteiger charge is -2.50. The van der Waals surface area contributed by atoms with E-state index in [0.29, 0.717) is 16.3 Å². The number of benzene rings is 1. The number of hydrogen-bond acceptors (Lipinski definition) is 5. The van der Waals surface area contributed by atoms with Crippen molar-refractivity contribution in [2.75, 3.05) is 6.54 Å². The summed E-state index contributed by atoms with van der Waals surface area (Å²) in [5.74, 6) is -2.91. The molecule has 1 aliphatic heterocycles. The van der Waals surface area contributed by atoms with Crippen LogP contribution >= 0.6 is 23.4 Å². The molecule has 1 fully saturated rings. The molecule has 1 heterocycles. The Morgan fingerprint density at radius 1 is 1.32 bits per heavy atom. The van der Waals surface area contributed by atoms with Crippen LogP contribution in [0.3, 0.4) is 0 Å². The Bertz CT molecular complexity index is 666. The van der Waals surface area contributed by atoms with E-state index in [2.05, 4.69) is 0 Å². The van der Waals surface area contributed by atoms with Crippen molar-refractivity contribution in [3.63, 3.8) is 0 Å². The molecule has 1 aromatic rings. The molecule has 4 atom stereocenters. The summed E-state index contributed by atoms with van der Waals surface area (Å²) in [4.78, 5) is 37.7. The quantitative estimate of drug-likeness (QED) is 0.552. The molecule has 0 spiro atoms. The maximum Gasteiger partial charge on any atom is 0.323 e. The molecular weight excluding hydrogens is 366 g/mol. The molecule has 1 unspecified atom stereocenters. The molecule has 25 heavy (non-hydrogen) atoms. The van der Waals surface area contributed by atoms with Gasteiger partial charge in [0.15, 0.2) is 5.12 Å². The fraction of sp³-hybridized carbons (Fsp3) is 0.471. The minimum absolute atomic E-state index is 0.191. The Morgan fingerprint density at radius 2 is 1.92 bits per heavy atom. The monoisotopic (exact) mass is 385 g/mol. The predicted octanol–water partition coefficient (Wildman–Crippen LogP) is 2.28. The Labute approximate surface area is 155 Å². The van der Waals surface area contributed by atoms with Crippen molar-refractivity contribution in [1.29, 1.82) is 0 Å². The Kier molecular flexibility index (Phi) is 6.48. The molecule has 2 N–H and O–H groups in total. The molecule has 1 saturated heterocycles.